The van der Waals surface area contributed by atoms with Gasteiger partial charge in [-0.05, 0) is 24.0 Å². The highest BCUT2D eigenvalue weighted by molar-refractivity contribution is 6.72. The lowest BCUT2D eigenvalue weighted by atomic mass is 10.2. The average Bonchev–Trinajstić information content (AvgIpc) is 2.53. The first-order chi connectivity index (χ1) is 11.7. The SMILES string of the molecule is [O-]c1ccc(CC[Si](O)(O)O[Si](O)(O)CCc2ccc([O-])cc2)cc1. The molecule has 4 N–H and O–H groups in total. The maximum absolute atomic E-state index is 11.0. The van der Waals surface area contributed by atoms with E-state index in [9.17, 15) is 29.4 Å². The summed E-state index contributed by atoms with van der Waals surface area (Å²) in [5.74, 6) is -0.280. The zero-order valence-electron chi connectivity index (χ0n) is 13.5. The molecule has 9 heteroatoms. The lowest BCUT2D eigenvalue weighted by molar-refractivity contribution is -0.269. The number of hydrogen-bond acceptors (Lipinski definition) is 7. The number of aryl methyl sites for hydroxylation is 2. The predicted octanol–water partition coefficient (Wildman–Crippen LogP) is -0.517. The fraction of sp³-hybridized carbons (Fsp3) is 0.250. The second-order valence-electron chi connectivity index (χ2n) is 5.88. The molecule has 0 heterocycles. The van der Waals surface area contributed by atoms with Gasteiger partial charge in [0, 0.05) is 12.1 Å². The first-order valence-electron chi connectivity index (χ1n) is 7.77. The van der Waals surface area contributed by atoms with Crippen molar-refractivity contribution in [1.29, 1.82) is 0 Å². The molecule has 0 aromatic heterocycles. The van der Waals surface area contributed by atoms with Gasteiger partial charge in [0.25, 0.3) is 0 Å². The van der Waals surface area contributed by atoms with Gasteiger partial charge in [0.2, 0.25) is 0 Å². The summed E-state index contributed by atoms with van der Waals surface area (Å²) in [4.78, 5) is 39.9. The molecule has 0 fully saturated rings. The molecule has 2 aromatic carbocycles. The third-order valence-corrected chi connectivity index (χ3v) is 8.07. The monoisotopic (exact) mass is 380 g/mol. The van der Waals surface area contributed by atoms with E-state index in [1.807, 2.05) is 0 Å². The summed E-state index contributed by atoms with van der Waals surface area (Å²) >= 11 is 0. The van der Waals surface area contributed by atoms with Crippen molar-refractivity contribution in [2.45, 2.75) is 24.9 Å². The molecule has 25 heavy (non-hydrogen) atoms. The molecule has 0 radical (unpaired) electrons. The van der Waals surface area contributed by atoms with E-state index in [1.54, 1.807) is 24.3 Å². The Morgan fingerprint density at radius 3 is 1.28 bits per heavy atom. The molecule has 0 aliphatic carbocycles. The normalized spacial score (nSPS) is 12.3. The quantitative estimate of drug-likeness (QED) is 0.452. The van der Waals surface area contributed by atoms with Gasteiger partial charge in [-0.25, -0.2) is 0 Å². The van der Waals surface area contributed by atoms with Crippen LogP contribution in [-0.2, 0) is 17.0 Å². The van der Waals surface area contributed by atoms with Crippen molar-refractivity contribution in [3.8, 4) is 11.5 Å². The molecule has 0 saturated carbocycles. The van der Waals surface area contributed by atoms with Crippen LogP contribution in [0.1, 0.15) is 11.1 Å². The second kappa shape index (κ2) is 8.10. The molecule has 2 rings (SSSR count). The number of benzene rings is 2. The Kier molecular flexibility index (Phi) is 6.35. The third kappa shape index (κ3) is 6.96. The molecule has 0 spiro atoms. The highest BCUT2D eigenvalue weighted by atomic mass is 28.5. The summed E-state index contributed by atoms with van der Waals surface area (Å²) in [5.41, 5.74) is 1.45. The zero-order valence-corrected chi connectivity index (χ0v) is 15.5. The van der Waals surface area contributed by atoms with E-state index >= 15 is 0 Å². The summed E-state index contributed by atoms with van der Waals surface area (Å²) in [5, 5.41) is 22.1. The van der Waals surface area contributed by atoms with Crippen LogP contribution in [0.2, 0.25) is 12.1 Å². The van der Waals surface area contributed by atoms with Gasteiger partial charge < -0.3 is 33.5 Å². The van der Waals surface area contributed by atoms with Crippen molar-refractivity contribution >= 4 is 17.6 Å². The minimum absolute atomic E-state index is 0.140. The largest absolute Gasteiger partial charge is 0.872 e. The van der Waals surface area contributed by atoms with Crippen molar-refractivity contribution in [2.24, 2.45) is 0 Å². The lowest BCUT2D eigenvalue weighted by Crippen LogP contribution is -2.53. The lowest BCUT2D eigenvalue weighted by Gasteiger charge is -2.26. The van der Waals surface area contributed by atoms with E-state index < -0.39 is 17.6 Å². The molecule has 136 valence electrons. The minimum Gasteiger partial charge on any atom is -0.872 e. The topological polar surface area (TPSA) is 136 Å². The zero-order chi connectivity index (χ0) is 18.5. The van der Waals surface area contributed by atoms with Crippen LogP contribution in [0.15, 0.2) is 48.5 Å². The molecule has 2 aromatic rings. The van der Waals surface area contributed by atoms with E-state index in [0.717, 1.165) is 11.1 Å². The summed E-state index contributed by atoms with van der Waals surface area (Å²) < 4.78 is 4.89. The minimum atomic E-state index is -4.25. The molecular formula is C16H20O7Si2-2. The van der Waals surface area contributed by atoms with Gasteiger partial charge in [0.05, 0.1) is 0 Å². The van der Waals surface area contributed by atoms with Crippen molar-refractivity contribution in [3.05, 3.63) is 59.7 Å². The molecule has 7 nitrogen and oxygen atoms in total. The van der Waals surface area contributed by atoms with Gasteiger partial charge in [-0.15, -0.1) is 11.5 Å². The maximum atomic E-state index is 11.0. The van der Waals surface area contributed by atoms with E-state index in [-0.39, 0.29) is 36.4 Å². The van der Waals surface area contributed by atoms with Crippen LogP contribution in [0.25, 0.3) is 0 Å². The van der Waals surface area contributed by atoms with E-state index in [2.05, 4.69) is 0 Å². The second-order valence-corrected chi connectivity index (χ2v) is 10.7. The molecule has 0 saturated heterocycles. The highest BCUT2D eigenvalue weighted by Crippen LogP contribution is 2.19. The Bertz CT molecular complexity index is 612. The van der Waals surface area contributed by atoms with Gasteiger partial charge in [-0.3, -0.25) is 0 Å². The Labute approximate surface area is 147 Å². The Morgan fingerprint density at radius 1 is 0.640 bits per heavy atom. The molecule has 0 unspecified atom stereocenters. The predicted molar refractivity (Wildman–Crippen MR) is 90.3 cm³/mol. The Hall–Kier alpha value is -1.73. The Balaban J connectivity index is 1.85. The highest BCUT2D eigenvalue weighted by Gasteiger charge is 2.44. The smallest absolute Gasteiger partial charge is 0.488 e. The summed E-state index contributed by atoms with van der Waals surface area (Å²) in [7, 11) is -8.50. The van der Waals surface area contributed by atoms with Crippen LogP contribution < -0.4 is 10.2 Å². The molecule has 0 bridgehead atoms. The van der Waals surface area contributed by atoms with Crippen LogP contribution in [0.3, 0.4) is 0 Å². The number of rotatable bonds is 8. The fourth-order valence-corrected chi connectivity index (χ4v) is 6.43. The molecule has 0 atom stereocenters. The van der Waals surface area contributed by atoms with Crippen LogP contribution in [0.4, 0.5) is 0 Å². The molecular weight excluding hydrogens is 360 g/mol. The van der Waals surface area contributed by atoms with Crippen LogP contribution >= 0.6 is 0 Å². The van der Waals surface area contributed by atoms with Gasteiger partial charge in [-0.1, -0.05) is 48.5 Å². The van der Waals surface area contributed by atoms with Crippen molar-refractivity contribution in [3.63, 3.8) is 0 Å². The van der Waals surface area contributed by atoms with Crippen molar-refractivity contribution < 1.29 is 33.5 Å². The van der Waals surface area contributed by atoms with Gasteiger partial charge in [0.15, 0.2) is 0 Å². The first-order valence-corrected chi connectivity index (χ1v) is 11.8. The van der Waals surface area contributed by atoms with Gasteiger partial charge >= 0.3 is 17.6 Å². The van der Waals surface area contributed by atoms with Crippen molar-refractivity contribution in [2.75, 3.05) is 0 Å². The van der Waals surface area contributed by atoms with Crippen LogP contribution in [0, 0.1) is 0 Å². The average molecular weight is 381 g/mol. The van der Waals surface area contributed by atoms with Crippen LogP contribution in [0.5, 0.6) is 11.5 Å². The van der Waals surface area contributed by atoms with Gasteiger partial charge in [0.1, 0.15) is 0 Å². The molecule has 0 aliphatic heterocycles. The summed E-state index contributed by atoms with van der Waals surface area (Å²) in [6, 6.07) is 11.5. The third-order valence-electron chi connectivity index (χ3n) is 3.65. The van der Waals surface area contributed by atoms with Gasteiger partial charge in [-0.2, -0.15) is 0 Å². The van der Waals surface area contributed by atoms with Crippen LogP contribution in [-0.4, -0.2) is 36.8 Å². The summed E-state index contributed by atoms with van der Waals surface area (Å²) in [6.07, 6.45) is 0.490. The summed E-state index contributed by atoms with van der Waals surface area (Å²) in [6.45, 7) is 0. The molecule has 0 amide bonds. The van der Waals surface area contributed by atoms with E-state index in [1.165, 1.54) is 24.3 Å². The Morgan fingerprint density at radius 2 is 0.960 bits per heavy atom. The fourth-order valence-electron chi connectivity index (χ4n) is 2.29. The van der Waals surface area contributed by atoms with E-state index in [4.69, 9.17) is 4.12 Å². The standard InChI is InChI=1S/C16H22O7Si2/c17-15-5-1-13(2-6-15)9-11-24(19,20)23-25(21,22)12-10-14-3-7-16(18)8-4-14/h1-8,17-22H,9-12H2/p-2. The first kappa shape index (κ1) is 19.6. The van der Waals surface area contributed by atoms with Crippen molar-refractivity contribution in [1.82, 2.24) is 0 Å². The molecule has 0 aliphatic rings. The maximum Gasteiger partial charge on any atom is 0.488 e. The van der Waals surface area contributed by atoms with E-state index in [0.29, 0.717) is 0 Å². The number of hydrogen-bond donors (Lipinski definition) is 4.